The maximum absolute atomic E-state index is 12.5. The number of nitrogens with zero attached hydrogens (tertiary/aromatic N) is 5. The van der Waals surface area contributed by atoms with Gasteiger partial charge in [-0.05, 0) is 61.0 Å². The number of hydrogen-bond acceptors (Lipinski definition) is 6. The minimum absolute atomic E-state index is 0.0380. The van der Waals surface area contributed by atoms with E-state index in [0.29, 0.717) is 25.7 Å². The van der Waals surface area contributed by atoms with Crippen LogP contribution in [0.25, 0.3) is 5.69 Å². The molecule has 0 spiro atoms. The molecule has 2 atom stereocenters. The van der Waals surface area contributed by atoms with Gasteiger partial charge in [0, 0.05) is 0 Å². The van der Waals surface area contributed by atoms with E-state index in [1.807, 2.05) is 31.2 Å². The van der Waals surface area contributed by atoms with E-state index in [2.05, 4.69) is 25.7 Å². The lowest BCUT2D eigenvalue weighted by atomic mass is 10.1. The molecule has 1 aromatic carbocycles. The van der Waals surface area contributed by atoms with Gasteiger partial charge in [0.2, 0.25) is 5.91 Å². The Kier molecular flexibility index (Phi) is 4.94. The Hall–Kier alpha value is -2.32. The van der Waals surface area contributed by atoms with Gasteiger partial charge >= 0.3 is 0 Å². The fourth-order valence-electron chi connectivity index (χ4n) is 3.78. The molecule has 8 heteroatoms. The number of benzene rings is 1. The number of hydrogen-bond donors (Lipinski definition) is 1. The lowest BCUT2D eigenvalue weighted by Crippen LogP contribution is -2.50. The number of carbonyl (C=O) groups is 1. The van der Waals surface area contributed by atoms with Crippen molar-refractivity contribution in [1.82, 2.24) is 30.4 Å². The van der Waals surface area contributed by atoms with Crippen molar-refractivity contribution in [2.45, 2.75) is 38.3 Å². The summed E-state index contributed by atoms with van der Waals surface area (Å²) in [4.78, 5) is 14.9. The van der Waals surface area contributed by atoms with Crippen molar-refractivity contribution in [3.05, 3.63) is 35.7 Å². The normalized spacial score (nSPS) is 23.4. The molecule has 2 aromatic rings. The van der Waals surface area contributed by atoms with Crippen LogP contribution in [0.5, 0.6) is 0 Å². The third-order valence-electron chi connectivity index (χ3n) is 5.18. The summed E-state index contributed by atoms with van der Waals surface area (Å²) in [5.74, 6) is 0.765. The SMILES string of the molecule is Cc1nnnn1-c1ccc(CC(=O)N[C@@H]2COC[C@H]2N2CCCC2)cc1. The Morgan fingerprint density at radius 1 is 1.23 bits per heavy atom. The summed E-state index contributed by atoms with van der Waals surface area (Å²) in [7, 11) is 0. The van der Waals surface area contributed by atoms with Crippen molar-refractivity contribution in [3.8, 4) is 5.69 Å². The summed E-state index contributed by atoms with van der Waals surface area (Å²) in [6, 6.07) is 8.14. The van der Waals surface area contributed by atoms with E-state index >= 15 is 0 Å². The predicted octanol–water partition coefficient (Wildman–Crippen LogP) is 0.493. The molecular formula is C18H24N6O2. The van der Waals surface area contributed by atoms with E-state index in [4.69, 9.17) is 4.74 Å². The maximum Gasteiger partial charge on any atom is 0.224 e. The summed E-state index contributed by atoms with van der Waals surface area (Å²) >= 11 is 0. The van der Waals surface area contributed by atoms with E-state index in [1.165, 1.54) is 12.8 Å². The molecule has 0 aliphatic carbocycles. The first-order chi connectivity index (χ1) is 12.7. The van der Waals surface area contributed by atoms with E-state index in [1.54, 1.807) is 4.68 Å². The molecule has 1 aromatic heterocycles. The third kappa shape index (κ3) is 3.61. The topological polar surface area (TPSA) is 85.2 Å². The van der Waals surface area contributed by atoms with E-state index < -0.39 is 0 Å². The number of tetrazole rings is 1. The second kappa shape index (κ2) is 7.51. The molecule has 0 unspecified atom stereocenters. The first-order valence-electron chi connectivity index (χ1n) is 9.16. The summed E-state index contributed by atoms with van der Waals surface area (Å²) in [5.41, 5.74) is 1.85. The van der Waals surface area contributed by atoms with Gasteiger partial charge in [0.05, 0.1) is 37.4 Å². The standard InChI is InChI=1S/C18H24N6O2/c1-13-20-21-22-24(13)15-6-4-14(5-7-15)10-18(25)19-16-11-26-12-17(16)23-8-2-3-9-23/h4-7,16-17H,2-3,8-12H2,1H3,(H,19,25)/t16-,17-/m1/s1. The Bertz CT molecular complexity index is 753. The zero-order valence-electron chi connectivity index (χ0n) is 15.0. The zero-order chi connectivity index (χ0) is 17.9. The first-order valence-corrected chi connectivity index (χ1v) is 9.16. The van der Waals surface area contributed by atoms with Crippen LogP contribution in [0.3, 0.4) is 0 Å². The minimum Gasteiger partial charge on any atom is -0.378 e. The van der Waals surface area contributed by atoms with Gasteiger partial charge in [0.1, 0.15) is 0 Å². The van der Waals surface area contributed by atoms with E-state index in [-0.39, 0.29) is 11.9 Å². The van der Waals surface area contributed by atoms with Crippen molar-refractivity contribution in [2.75, 3.05) is 26.3 Å². The van der Waals surface area contributed by atoms with Crippen LogP contribution in [-0.2, 0) is 16.0 Å². The number of carbonyl (C=O) groups excluding carboxylic acids is 1. The smallest absolute Gasteiger partial charge is 0.224 e. The summed E-state index contributed by atoms with van der Waals surface area (Å²) in [6.45, 7) is 5.38. The summed E-state index contributed by atoms with van der Waals surface area (Å²) in [5, 5.41) is 14.6. The molecular weight excluding hydrogens is 332 g/mol. The van der Waals surface area contributed by atoms with Gasteiger partial charge in [0.15, 0.2) is 5.82 Å². The van der Waals surface area contributed by atoms with Crippen LogP contribution in [0.15, 0.2) is 24.3 Å². The molecule has 1 N–H and O–H groups in total. The number of nitrogens with one attached hydrogen (secondary N) is 1. The average molecular weight is 356 g/mol. The van der Waals surface area contributed by atoms with Crippen molar-refractivity contribution in [3.63, 3.8) is 0 Å². The first kappa shape index (κ1) is 17.1. The van der Waals surface area contributed by atoms with E-state index in [9.17, 15) is 4.79 Å². The Morgan fingerprint density at radius 2 is 2.00 bits per heavy atom. The molecule has 0 radical (unpaired) electrons. The highest BCUT2D eigenvalue weighted by Gasteiger charge is 2.35. The molecule has 3 heterocycles. The number of rotatable bonds is 5. The number of ether oxygens (including phenoxy) is 1. The fourth-order valence-corrected chi connectivity index (χ4v) is 3.78. The number of aryl methyl sites for hydroxylation is 1. The average Bonchev–Trinajstić information content (AvgIpc) is 3.37. The molecule has 0 bridgehead atoms. The van der Waals surface area contributed by atoms with Crippen LogP contribution in [0.2, 0.25) is 0 Å². The van der Waals surface area contributed by atoms with Crippen LogP contribution in [0, 0.1) is 6.92 Å². The molecule has 8 nitrogen and oxygen atoms in total. The van der Waals surface area contributed by atoms with Gasteiger partial charge in [-0.2, -0.15) is 4.68 Å². The van der Waals surface area contributed by atoms with Crippen LogP contribution in [0.1, 0.15) is 24.2 Å². The van der Waals surface area contributed by atoms with Crippen molar-refractivity contribution in [1.29, 1.82) is 0 Å². The monoisotopic (exact) mass is 356 g/mol. The molecule has 0 saturated carbocycles. The lowest BCUT2D eigenvalue weighted by Gasteiger charge is -2.27. The molecule has 1 amide bonds. The number of likely N-dealkylation sites (tertiary alicyclic amines) is 1. The summed E-state index contributed by atoms with van der Waals surface area (Å²) in [6.07, 6.45) is 2.84. The number of aromatic nitrogens is 4. The molecule has 2 aliphatic rings. The van der Waals surface area contributed by atoms with Crippen molar-refractivity contribution >= 4 is 5.91 Å². The molecule has 26 heavy (non-hydrogen) atoms. The molecule has 138 valence electrons. The quantitative estimate of drug-likeness (QED) is 0.839. The second-order valence-corrected chi connectivity index (χ2v) is 7.00. The molecule has 2 saturated heterocycles. The Labute approximate surface area is 152 Å². The van der Waals surface area contributed by atoms with Crippen LogP contribution < -0.4 is 5.32 Å². The van der Waals surface area contributed by atoms with Gasteiger partial charge in [-0.25, -0.2) is 0 Å². The van der Waals surface area contributed by atoms with Gasteiger partial charge in [-0.15, -0.1) is 5.10 Å². The molecule has 2 aliphatic heterocycles. The van der Waals surface area contributed by atoms with Crippen LogP contribution in [-0.4, -0.2) is 69.4 Å². The second-order valence-electron chi connectivity index (χ2n) is 7.00. The van der Waals surface area contributed by atoms with Crippen LogP contribution in [0.4, 0.5) is 0 Å². The largest absolute Gasteiger partial charge is 0.378 e. The van der Waals surface area contributed by atoms with Gasteiger partial charge < -0.3 is 10.1 Å². The van der Waals surface area contributed by atoms with E-state index in [0.717, 1.165) is 30.2 Å². The highest BCUT2D eigenvalue weighted by molar-refractivity contribution is 5.79. The maximum atomic E-state index is 12.5. The lowest BCUT2D eigenvalue weighted by molar-refractivity contribution is -0.121. The Morgan fingerprint density at radius 3 is 2.69 bits per heavy atom. The number of amides is 1. The molecule has 2 fully saturated rings. The van der Waals surface area contributed by atoms with Gasteiger partial charge in [0.25, 0.3) is 0 Å². The Balaban J connectivity index is 1.35. The van der Waals surface area contributed by atoms with Gasteiger partial charge in [-0.3, -0.25) is 9.69 Å². The van der Waals surface area contributed by atoms with Crippen molar-refractivity contribution in [2.24, 2.45) is 0 Å². The molecule has 4 rings (SSSR count). The highest BCUT2D eigenvalue weighted by Crippen LogP contribution is 2.19. The summed E-state index contributed by atoms with van der Waals surface area (Å²) < 4.78 is 7.29. The zero-order valence-corrected chi connectivity index (χ0v) is 15.0. The van der Waals surface area contributed by atoms with Crippen LogP contribution >= 0.6 is 0 Å². The van der Waals surface area contributed by atoms with Crippen molar-refractivity contribution < 1.29 is 9.53 Å². The minimum atomic E-state index is 0.0380. The fraction of sp³-hybridized carbons (Fsp3) is 0.556. The highest BCUT2D eigenvalue weighted by atomic mass is 16.5. The van der Waals surface area contributed by atoms with Gasteiger partial charge in [-0.1, -0.05) is 12.1 Å². The predicted molar refractivity (Wildman–Crippen MR) is 94.9 cm³/mol. The third-order valence-corrected chi connectivity index (χ3v) is 5.18.